The van der Waals surface area contributed by atoms with Crippen LogP contribution in [0, 0.1) is 6.92 Å². The van der Waals surface area contributed by atoms with Gasteiger partial charge in [0.05, 0.1) is 5.56 Å². The molecule has 0 aliphatic carbocycles. The average molecular weight is 384 g/mol. The summed E-state index contributed by atoms with van der Waals surface area (Å²) in [5.41, 5.74) is 5.27. The summed E-state index contributed by atoms with van der Waals surface area (Å²) in [5.74, 6) is 0.645. The summed E-state index contributed by atoms with van der Waals surface area (Å²) in [7, 11) is 0. The number of aryl methyl sites for hydroxylation is 1. The van der Waals surface area contributed by atoms with Gasteiger partial charge in [-0.05, 0) is 48.2 Å². The number of fused-ring (bicyclic) bond motifs is 1. The quantitative estimate of drug-likeness (QED) is 0.441. The molecular formula is C24H24N4O. The number of carbonyl (C=O) groups is 1. The maximum absolute atomic E-state index is 12.4. The summed E-state index contributed by atoms with van der Waals surface area (Å²) in [5, 5.41) is 7.53. The molecule has 0 saturated heterocycles. The fourth-order valence-electron chi connectivity index (χ4n) is 3.38. The lowest BCUT2D eigenvalue weighted by molar-refractivity contribution is 0.0950. The number of anilines is 1. The Morgan fingerprint density at radius 1 is 1.00 bits per heavy atom. The molecule has 5 heteroatoms. The molecule has 1 amide bonds. The van der Waals surface area contributed by atoms with Crippen molar-refractivity contribution in [3.8, 4) is 0 Å². The molecule has 29 heavy (non-hydrogen) atoms. The summed E-state index contributed by atoms with van der Waals surface area (Å²) >= 11 is 0. The van der Waals surface area contributed by atoms with Crippen molar-refractivity contribution in [2.24, 2.45) is 0 Å². The van der Waals surface area contributed by atoms with Crippen molar-refractivity contribution in [1.82, 2.24) is 15.3 Å². The van der Waals surface area contributed by atoms with E-state index in [-0.39, 0.29) is 5.91 Å². The van der Waals surface area contributed by atoms with Gasteiger partial charge < -0.3 is 15.6 Å². The Morgan fingerprint density at radius 2 is 1.83 bits per heavy atom. The first-order chi connectivity index (χ1) is 14.2. The molecule has 3 N–H and O–H groups in total. The third-order valence-corrected chi connectivity index (χ3v) is 5.10. The van der Waals surface area contributed by atoms with Gasteiger partial charge in [0.25, 0.3) is 5.91 Å². The Bertz CT molecular complexity index is 1120. The van der Waals surface area contributed by atoms with E-state index >= 15 is 0 Å². The number of amides is 1. The first-order valence-corrected chi connectivity index (χ1v) is 9.78. The molecule has 0 atom stereocenters. The minimum atomic E-state index is -0.119. The van der Waals surface area contributed by atoms with Crippen LogP contribution in [-0.4, -0.2) is 22.4 Å². The first kappa shape index (κ1) is 18.7. The highest BCUT2D eigenvalue weighted by atomic mass is 16.1. The van der Waals surface area contributed by atoms with Crippen LogP contribution in [0.25, 0.3) is 10.9 Å². The SMILES string of the molecule is Cc1ccccc1CNC(=O)c1ccc(NCCc2c[nH]c3ccccc23)nc1. The van der Waals surface area contributed by atoms with Gasteiger partial charge in [-0.1, -0.05) is 42.5 Å². The number of hydrogen-bond donors (Lipinski definition) is 3. The Labute approximate surface area is 170 Å². The van der Waals surface area contributed by atoms with E-state index in [0.717, 1.165) is 29.9 Å². The molecule has 2 aromatic heterocycles. The van der Waals surface area contributed by atoms with Gasteiger partial charge in [0.2, 0.25) is 0 Å². The van der Waals surface area contributed by atoms with Crippen molar-refractivity contribution in [1.29, 1.82) is 0 Å². The summed E-state index contributed by atoms with van der Waals surface area (Å²) in [6, 6.07) is 20.0. The van der Waals surface area contributed by atoms with Gasteiger partial charge in [0.15, 0.2) is 0 Å². The number of H-pyrrole nitrogens is 1. The molecule has 146 valence electrons. The van der Waals surface area contributed by atoms with Crippen molar-refractivity contribution >= 4 is 22.6 Å². The van der Waals surface area contributed by atoms with E-state index in [0.29, 0.717) is 12.1 Å². The van der Waals surface area contributed by atoms with Crippen molar-refractivity contribution in [3.63, 3.8) is 0 Å². The van der Waals surface area contributed by atoms with Gasteiger partial charge in [0.1, 0.15) is 5.82 Å². The predicted octanol–water partition coefficient (Wildman–Crippen LogP) is 4.46. The zero-order chi connectivity index (χ0) is 20.1. The van der Waals surface area contributed by atoms with Crippen LogP contribution < -0.4 is 10.6 Å². The molecule has 0 aliphatic heterocycles. The Kier molecular flexibility index (Phi) is 5.56. The van der Waals surface area contributed by atoms with Gasteiger partial charge in [-0.2, -0.15) is 0 Å². The second-order valence-corrected chi connectivity index (χ2v) is 7.08. The van der Waals surface area contributed by atoms with E-state index in [4.69, 9.17) is 0 Å². The molecule has 0 radical (unpaired) electrons. The highest BCUT2D eigenvalue weighted by molar-refractivity contribution is 5.94. The number of para-hydroxylation sites is 1. The molecule has 0 fully saturated rings. The second-order valence-electron chi connectivity index (χ2n) is 7.08. The van der Waals surface area contributed by atoms with E-state index in [9.17, 15) is 4.79 Å². The number of benzene rings is 2. The number of carbonyl (C=O) groups excluding carboxylic acids is 1. The summed E-state index contributed by atoms with van der Waals surface area (Å²) < 4.78 is 0. The molecular weight excluding hydrogens is 360 g/mol. The van der Waals surface area contributed by atoms with Crippen LogP contribution in [0.3, 0.4) is 0 Å². The predicted molar refractivity (Wildman–Crippen MR) is 117 cm³/mol. The maximum Gasteiger partial charge on any atom is 0.253 e. The first-order valence-electron chi connectivity index (χ1n) is 9.78. The van der Waals surface area contributed by atoms with Crippen LogP contribution in [0.15, 0.2) is 73.1 Å². The van der Waals surface area contributed by atoms with Crippen LogP contribution in [0.1, 0.15) is 27.0 Å². The third kappa shape index (κ3) is 4.46. The highest BCUT2D eigenvalue weighted by Crippen LogP contribution is 2.18. The normalized spacial score (nSPS) is 10.8. The Balaban J connectivity index is 1.29. The van der Waals surface area contributed by atoms with Crippen LogP contribution in [0.2, 0.25) is 0 Å². The molecule has 2 heterocycles. The molecule has 5 nitrogen and oxygen atoms in total. The zero-order valence-electron chi connectivity index (χ0n) is 16.4. The van der Waals surface area contributed by atoms with Gasteiger partial charge >= 0.3 is 0 Å². The molecule has 0 aliphatic rings. The maximum atomic E-state index is 12.4. The second kappa shape index (κ2) is 8.61. The molecule has 2 aromatic carbocycles. The van der Waals surface area contributed by atoms with Crippen LogP contribution in [-0.2, 0) is 13.0 Å². The van der Waals surface area contributed by atoms with Gasteiger partial charge in [0, 0.05) is 36.4 Å². The van der Waals surface area contributed by atoms with Crippen LogP contribution >= 0.6 is 0 Å². The number of nitrogens with zero attached hydrogens (tertiary/aromatic N) is 1. The lowest BCUT2D eigenvalue weighted by Crippen LogP contribution is -2.23. The van der Waals surface area contributed by atoms with E-state index in [1.165, 1.54) is 16.5 Å². The monoisotopic (exact) mass is 384 g/mol. The van der Waals surface area contributed by atoms with E-state index < -0.39 is 0 Å². The van der Waals surface area contributed by atoms with Crippen molar-refractivity contribution < 1.29 is 4.79 Å². The number of rotatable bonds is 7. The van der Waals surface area contributed by atoms with Crippen LogP contribution in [0.5, 0.6) is 0 Å². The minimum Gasteiger partial charge on any atom is -0.370 e. The zero-order valence-corrected chi connectivity index (χ0v) is 16.4. The van der Waals surface area contributed by atoms with E-state index in [1.54, 1.807) is 12.3 Å². The summed E-state index contributed by atoms with van der Waals surface area (Å²) in [6.07, 6.45) is 4.56. The highest BCUT2D eigenvalue weighted by Gasteiger charge is 2.07. The Hall–Kier alpha value is -3.60. The molecule has 0 spiro atoms. The Morgan fingerprint density at radius 3 is 2.66 bits per heavy atom. The topological polar surface area (TPSA) is 69.8 Å². The minimum absolute atomic E-state index is 0.119. The number of aromatic amines is 1. The number of nitrogens with one attached hydrogen (secondary N) is 3. The lowest BCUT2D eigenvalue weighted by atomic mass is 10.1. The standard InChI is InChI=1S/C24H24N4O/c1-17-6-2-3-7-18(17)14-28-24(29)20-10-11-23(27-16-20)25-13-12-19-15-26-22-9-5-4-8-21(19)22/h2-11,15-16,26H,12-14H2,1H3,(H,25,27)(H,28,29). The van der Waals surface area contributed by atoms with Crippen molar-refractivity contribution in [3.05, 3.63) is 95.3 Å². The smallest absolute Gasteiger partial charge is 0.253 e. The molecule has 4 aromatic rings. The summed E-state index contributed by atoms with van der Waals surface area (Å²) in [4.78, 5) is 20.0. The molecule has 0 bridgehead atoms. The van der Waals surface area contributed by atoms with Crippen molar-refractivity contribution in [2.75, 3.05) is 11.9 Å². The fraction of sp³-hybridized carbons (Fsp3) is 0.167. The average Bonchev–Trinajstić information content (AvgIpc) is 3.17. The number of hydrogen-bond acceptors (Lipinski definition) is 3. The van der Waals surface area contributed by atoms with E-state index in [2.05, 4.69) is 45.0 Å². The molecule has 0 saturated carbocycles. The lowest BCUT2D eigenvalue weighted by Gasteiger charge is -2.09. The van der Waals surface area contributed by atoms with Gasteiger partial charge in [-0.15, -0.1) is 0 Å². The molecule has 4 rings (SSSR count). The fourth-order valence-corrected chi connectivity index (χ4v) is 3.38. The van der Waals surface area contributed by atoms with Gasteiger partial charge in [-0.3, -0.25) is 4.79 Å². The number of pyridine rings is 1. The van der Waals surface area contributed by atoms with E-state index in [1.807, 2.05) is 43.3 Å². The van der Waals surface area contributed by atoms with Crippen LogP contribution in [0.4, 0.5) is 5.82 Å². The third-order valence-electron chi connectivity index (χ3n) is 5.10. The van der Waals surface area contributed by atoms with Gasteiger partial charge in [-0.25, -0.2) is 4.98 Å². The van der Waals surface area contributed by atoms with Crippen molar-refractivity contribution in [2.45, 2.75) is 19.9 Å². The number of aromatic nitrogens is 2. The molecule has 0 unspecified atom stereocenters. The summed E-state index contributed by atoms with van der Waals surface area (Å²) in [6.45, 7) is 3.32. The largest absolute Gasteiger partial charge is 0.370 e.